The van der Waals surface area contributed by atoms with E-state index in [9.17, 15) is 0 Å². The van der Waals surface area contributed by atoms with Crippen molar-refractivity contribution in [2.24, 2.45) is 0 Å². The fourth-order valence-corrected chi connectivity index (χ4v) is 0.691. The van der Waals surface area contributed by atoms with Crippen LogP contribution in [0.2, 0.25) is 0 Å². The summed E-state index contributed by atoms with van der Waals surface area (Å²) in [5.74, 6) is 0. The number of hydrogen-bond acceptors (Lipinski definition) is 1. The fourth-order valence-electron chi connectivity index (χ4n) is 0.691. The standard InChI is InChI=1S/C7H15O/c1-4-7(5-2)8-6-3/h7H,3-6H2,1-2H3. The predicted molar refractivity (Wildman–Crippen MR) is 35.7 cm³/mol. The molecule has 0 fully saturated rings. The van der Waals surface area contributed by atoms with Crippen LogP contribution in [0.15, 0.2) is 0 Å². The van der Waals surface area contributed by atoms with Gasteiger partial charge in [-0.1, -0.05) is 13.8 Å². The Hall–Kier alpha value is -0.0400. The van der Waals surface area contributed by atoms with Crippen LogP contribution in [0, 0.1) is 6.92 Å². The molecule has 0 saturated heterocycles. The van der Waals surface area contributed by atoms with Crippen LogP contribution in [0.25, 0.3) is 0 Å². The molecule has 0 bridgehead atoms. The van der Waals surface area contributed by atoms with Crippen molar-refractivity contribution in [2.45, 2.75) is 32.8 Å². The van der Waals surface area contributed by atoms with Crippen LogP contribution in [0.3, 0.4) is 0 Å². The van der Waals surface area contributed by atoms with Gasteiger partial charge in [-0.2, -0.15) is 0 Å². The maximum atomic E-state index is 5.23. The van der Waals surface area contributed by atoms with E-state index in [2.05, 4.69) is 20.8 Å². The summed E-state index contributed by atoms with van der Waals surface area (Å²) < 4.78 is 5.23. The van der Waals surface area contributed by atoms with Crippen LogP contribution >= 0.6 is 0 Å². The zero-order valence-electron chi connectivity index (χ0n) is 5.81. The third kappa shape index (κ3) is 3.03. The van der Waals surface area contributed by atoms with Crippen LogP contribution in [0.5, 0.6) is 0 Å². The lowest BCUT2D eigenvalue weighted by atomic mass is 10.2. The Morgan fingerprint density at radius 2 is 1.88 bits per heavy atom. The SMILES string of the molecule is [CH2]COC(CC)CC. The van der Waals surface area contributed by atoms with Gasteiger partial charge < -0.3 is 4.74 Å². The van der Waals surface area contributed by atoms with Crippen LogP contribution in [-0.4, -0.2) is 12.7 Å². The number of ether oxygens (including phenoxy) is 1. The van der Waals surface area contributed by atoms with E-state index in [1.807, 2.05) is 0 Å². The Kier molecular flexibility index (Phi) is 5.08. The van der Waals surface area contributed by atoms with E-state index in [0.29, 0.717) is 12.7 Å². The second-order valence-corrected chi connectivity index (χ2v) is 1.81. The molecule has 49 valence electrons. The number of hydrogen-bond donors (Lipinski definition) is 0. The number of rotatable bonds is 4. The monoisotopic (exact) mass is 115 g/mol. The summed E-state index contributed by atoms with van der Waals surface area (Å²) in [6, 6.07) is 0. The summed E-state index contributed by atoms with van der Waals surface area (Å²) in [7, 11) is 0. The largest absolute Gasteiger partial charge is 0.378 e. The van der Waals surface area contributed by atoms with Crippen molar-refractivity contribution in [3.05, 3.63) is 6.92 Å². The van der Waals surface area contributed by atoms with Gasteiger partial charge >= 0.3 is 0 Å². The molecule has 1 radical (unpaired) electrons. The van der Waals surface area contributed by atoms with Crippen molar-refractivity contribution in [3.63, 3.8) is 0 Å². The van der Waals surface area contributed by atoms with E-state index >= 15 is 0 Å². The molecule has 1 heteroatoms. The topological polar surface area (TPSA) is 9.23 Å². The average molecular weight is 115 g/mol. The molecule has 0 spiro atoms. The fraction of sp³-hybridized carbons (Fsp3) is 0.857. The molecule has 0 aliphatic heterocycles. The molecule has 0 atom stereocenters. The van der Waals surface area contributed by atoms with Gasteiger partial charge in [-0.3, -0.25) is 0 Å². The Balaban J connectivity index is 3.07. The van der Waals surface area contributed by atoms with Crippen LogP contribution in [-0.2, 0) is 4.74 Å². The van der Waals surface area contributed by atoms with Crippen LogP contribution in [0.1, 0.15) is 26.7 Å². The minimum absolute atomic E-state index is 0.437. The third-order valence-corrected chi connectivity index (χ3v) is 1.26. The minimum atomic E-state index is 0.437. The Labute approximate surface area is 52.0 Å². The Morgan fingerprint density at radius 1 is 1.38 bits per heavy atom. The van der Waals surface area contributed by atoms with Gasteiger partial charge in [0.15, 0.2) is 0 Å². The smallest absolute Gasteiger partial charge is 0.0569 e. The van der Waals surface area contributed by atoms with E-state index in [1.165, 1.54) is 0 Å². The van der Waals surface area contributed by atoms with Crippen molar-refractivity contribution in [2.75, 3.05) is 6.61 Å². The van der Waals surface area contributed by atoms with Crippen molar-refractivity contribution in [1.82, 2.24) is 0 Å². The van der Waals surface area contributed by atoms with E-state index in [0.717, 1.165) is 12.8 Å². The summed E-state index contributed by atoms with van der Waals surface area (Å²) in [6.45, 7) is 8.46. The highest BCUT2D eigenvalue weighted by atomic mass is 16.5. The van der Waals surface area contributed by atoms with Gasteiger partial charge in [0.2, 0.25) is 0 Å². The van der Waals surface area contributed by atoms with Crippen molar-refractivity contribution in [1.29, 1.82) is 0 Å². The van der Waals surface area contributed by atoms with E-state index < -0.39 is 0 Å². The van der Waals surface area contributed by atoms with E-state index in [4.69, 9.17) is 4.74 Å². The van der Waals surface area contributed by atoms with Crippen LogP contribution in [0.4, 0.5) is 0 Å². The van der Waals surface area contributed by atoms with Gasteiger partial charge in [0, 0.05) is 6.61 Å². The van der Waals surface area contributed by atoms with E-state index in [-0.39, 0.29) is 0 Å². The second-order valence-electron chi connectivity index (χ2n) is 1.81. The molecule has 0 aromatic carbocycles. The molecular weight excluding hydrogens is 100 g/mol. The van der Waals surface area contributed by atoms with E-state index in [1.54, 1.807) is 0 Å². The predicted octanol–water partition coefficient (Wildman–Crippen LogP) is 2.03. The summed E-state index contributed by atoms with van der Waals surface area (Å²) in [4.78, 5) is 0. The molecule has 0 amide bonds. The van der Waals surface area contributed by atoms with Gasteiger partial charge in [-0.25, -0.2) is 0 Å². The Morgan fingerprint density at radius 3 is 2.00 bits per heavy atom. The molecule has 0 heterocycles. The van der Waals surface area contributed by atoms with Gasteiger partial charge in [0.05, 0.1) is 6.10 Å². The highest BCUT2D eigenvalue weighted by molar-refractivity contribution is 4.50. The van der Waals surface area contributed by atoms with Crippen molar-refractivity contribution < 1.29 is 4.74 Å². The summed E-state index contributed by atoms with van der Waals surface area (Å²) in [5, 5.41) is 0. The molecular formula is C7H15O. The maximum absolute atomic E-state index is 5.23. The molecule has 0 saturated carbocycles. The first-order chi connectivity index (χ1) is 3.85. The summed E-state index contributed by atoms with van der Waals surface area (Å²) in [6.07, 6.45) is 2.64. The van der Waals surface area contributed by atoms with Crippen LogP contribution < -0.4 is 0 Å². The molecule has 0 aliphatic rings. The maximum Gasteiger partial charge on any atom is 0.0569 e. The van der Waals surface area contributed by atoms with Gasteiger partial charge in [0.1, 0.15) is 0 Å². The summed E-state index contributed by atoms with van der Waals surface area (Å²) >= 11 is 0. The molecule has 1 nitrogen and oxygen atoms in total. The normalized spacial score (nSPS) is 10.5. The molecule has 8 heavy (non-hydrogen) atoms. The van der Waals surface area contributed by atoms with Gasteiger partial charge in [-0.05, 0) is 19.8 Å². The third-order valence-electron chi connectivity index (χ3n) is 1.26. The van der Waals surface area contributed by atoms with Crippen molar-refractivity contribution in [3.8, 4) is 0 Å². The quantitative estimate of drug-likeness (QED) is 0.544. The van der Waals surface area contributed by atoms with Gasteiger partial charge in [-0.15, -0.1) is 0 Å². The lowest BCUT2D eigenvalue weighted by Gasteiger charge is -2.10. The first-order valence-corrected chi connectivity index (χ1v) is 3.26. The lowest BCUT2D eigenvalue weighted by molar-refractivity contribution is 0.0677. The van der Waals surface area contributed by atoms with Gasteiger partial charge in [0.25, 0.3) is 0 Å². The minimum Gasteiger partial charge on any atom is -0.378 e. The molecule has 0 aromatic heterocycles. The second kappa shape index (κ2) is 5.10. The molecule has 0 N–H and O–H groups in total. The highest BCUT2D eigenvalue weighted by Gasteiger charge is 1.98. The highest BCUT2D eigenvalue weighted by Crippen LogP contribution is 2.00. The molecule has 0 aliphatic carbocycles. The lowest BCUT2D eigenvalue weighted by Crippen LogP contribution is -2.09. The molecule has 0 rings (SSSR count). The van der Waals surface area contributed by atoms with Crippen molar-refractivity contribution >= 4 is 0 Å². The molecule has 0 unspecified atom stereocenters. The molecule has 0 aromatic rings. The first-order valence-electron chi connectivity index (χ1n) is 3.26. The Bertz CT molecular complexity index is 39.7. The first kappa shape index (κ1) is 7.96. The zero-order valence-corrected chi connectivity index (χ0v) is 5.81. The average Bonchev–Trinajstić information content (AvgIpc) is 1.83. The zero-order chi connectivity index (χ0) is 6.41. The summed E-state index contributed by atoms with van der Waals surface area (Å²) in [5.41, 5.74) is 0.